The fraction of sp³-hybridized carbons (Fsp3) is 0.375. The number of aromatic carboxylic acids is 1. The molecule has 0 aliphatic heterocycles. The lowest BCUT2D eigenvalue weighted by Gasteiger charge is -2.18. The first-order valence-corrected chi connectivity index (χ1v) is 6.90. The molecule has 0 amide bonds. The molecule has 104 valence electrons. The summed E-state index contributed by atoms with van der Waals surface area (Å²) in [6.45, 7) is 4.10. The van der Waals surface area contributed by atoms with E-state index >= 15 is 0 Å². The van der Waals surface area contributed by atoms with Gasteiger partial charge in [0.2, 0.25) is 0 Å². The Balaban J connectivity index is 2.43. The summed E-state index contributed by atoms with van der Waals surface area (Å²) in [5.74, 6) is -0.681. The van der Waals surface area contributed by atoms with Crippen molar-refractivity contribution in [2.75, 3.05) is 0 Å². The molecule has 1 aromatic carbocycles. The van der Waals surface area contributed by atoms with Crippen molar-refractivity contribution < 1.29 is 14.7 Å². The molecule has 0 atom stereocenters. The number of ketones is 1. The molecule has 0 fully saturated rings. The van der Waals surface area contributed by atoms with Crippen molar-refractivity contribution in [3.8, 4) is 0 Å². The predicted molar refractivity (Wildman–Crippen MR) is 76.3 cm³/mol. The molecule has 1 aliphatic rings. The van der Waals surface area contributed by atoms with Crippen LogP contribution < -0.4 is 0 Å². The molecule has 3 rings (SSSR count). The lowest BCUT2D eigenvalue weighted by atomic mass is 9.94. The SMILES string of the molecule is CC(C)n1c2c(c3cccc(C(=O)O)c31)CC(=O)CC2. The van der Waals surface area contributed by atoms with Crippen molar-refractivity contribution in [1.29, 1.82) is 0 Å². The highest BCUT2D eigenvalue weighted by atomic mass is 16.4. The van der Waals surface area contributed by atoms with E-state index in [1.165, 1.54) is 0 Å². The van der Waals surface area contributed by atoms with E-state index < -0.39 is 5.97 Å². The Morgan fingerprint density at radius 3 is 2.70 bits per heavy atom. The van der Waals surface area contributed by atoms with Gasteiger partial charge < -0.3 is 9.67 Å². The molecule has 1 N–H and O–H groups in total. The number of carboxylic acids is 1. The van der Waals surface area contributed by atoms with Crippen molar-refractivity contribution in [2.24, 2.45) is 0 Å². The highest BCUT2D eigenvalue weighted by Gasteiger charge is 2.27. The van der Waals surface area contributed by atoms with E-state index in [0.717, 1.165) is 22.2 Å². The number of nitrogens with zero attached hydrogens (tertiary/aromatic N) is 1. The molecule has 0 saturated heterocycles. The lowest BCUT2D eigenvalue weighted by Crippen LogP contribution is -2.16. The third-order valence-corrected chi connectivity index (χ3v) is 4.00. The lowest BCUT2D eigenvalue weighted by molar-refractivity contribution is -0.118. The standard InChI is InChI=1S/C16H17NO3/c1-9(2)17-14-7-6-10(18)8-13(14)11-4-3-5-12(15(11)17)16(19)20/h3-5,9H,6-8H2,1-2H3,(H,19,20). The van der Waals surface area contributed by atoms with Crippen molar-refractivity contribution in [2.45, 2.75) is 39.2 Å². The number of hydrogen-bond acceptors (Lipinski definition) is 2. The molecule has 4 heteroatoms. The third-order valence-electron chi connectivity index (χ3n) is 4.00. The summed E-state index contributed by atoms with van der Waals surface area (Å²) in [4.78, 5) is 23.2. The van der Waals surface area contributed by atoms with Gasteiger partial charge >= 0.3 is 5.97 Å². The first kappa shape index (κ1) is 12.9. The van der Waals surface area contributed by atoms with Gasteiger partial charge in [0.25, 0.3) is 0 Å². The number of fused-ring (bicyclic) bond motifs is 3. The molecule has 1 aromatic heterocycles. The molecule has 0 saturated carbocycles. The molecular weight excluding hydrogens is 254 g/mol. The van der Waals surface area contributed by atoms with Crippen molar-refractivity contribution in [1.82, 2.24) is 4.57 Å². The van der Waals surface area contributed by atoms with Crippen LogP contribution in [-0.4, -0.2) is 21.4 Å². The zero-order valence-corrected chi connectivity index (χ0v) is 11.6. The number of aromatic nitrogens is 1. The highest BCUT2D eigenvalue weighted by Crippen LogP contribution is 2.35. The number of carbonyl (C=O) groups is 2. The largest absolute Gasteiger partial charge is 0.478 e. The van der Waals surface area contributed by atoms with Crippen molar-refractivity contribution >= 4 is 22.7 Å². The summed E-state index contributed by atoms with van der Waals surface area (Å²) in [5, 5.41) is 10.3. The number of rotatable bonds is 2. The van der Waals surface area contributed by atoms with Gasteiger partial charge in [0.1, 0.15) is 5.78 Å². The third kappa shape index (κ3) is 1.75. The number of hydrogen-bond donors (Lipinski definition) is 1. The summed E-state index contributed by atoms with van der Waals surface area (Å²) < 4.78 is 2.10. The van der Waals surface area contributed by atoms with Gasteiger partial charge in [0.05, 0.1) is 11.1 Å². The van der Waals surface area contributed by atoms with E-state index in [1.807, 2.05) is 6.07 Å². The summed E-state index contributed by atoms with van der Waals surface area (Å²) >= 11 is 0. The number of Topliss-reactive ketones (excluding diaryl/α,β-unsaturated/α-hetero) is 1. The van der Waals surface area contributed by atoms with E-state index in [1.54, 1.807) is 12.1 Å². The second-order valence-corrected chi connectivity index (χ2v) is 5.61. The van der Waals surface area contributed by atoms with Crippen LogP contribution in [0.4, 0.5) is 0 Å². The fourth-order valence-electron chi connectivity index (χ4n) is 3.24. The first-order chi connectivity index (χ1) is 9.50. The quantitative estimate of drug-likeness (QED) is 0.913. The van der Waals surface area contributed by atoms with Gasteiger partial charge in [0, 0.05) is 30.0 Å². The highest BCUT2D eigenvalue weighted by molar-refractivity contribution is 6.05. The first-order valence-electron chi connectivity index (χ1n) is 6.90. The van der Waals surface area contributed by atoms with Crippen LogP contribution in [0.15, 0.2) is 18.2 Å². The maximum Gasteiger partial charge on any atom is 0.337 e. The molecule has 0 bridgehead atoms. The number of para-hydroxylation sites is 1. The summed E-state index contributed by atoms with van der Waals surface area (Å²) in [5.41, 5.74) is 3.23. The number of benzene rings is 1. The van der Waals surface area contributed by atoms with Gasteiger partial charge in [-0.05, 0) is 31.9 Å². The summed E-state index contributed by atoms with van der Waals surface area (Å²) in [6.07, 6.45) is 1.69. The fourth-order valence-corrected chi connectivity index (χ4v) is 3.24. The average molecular weight is 271 g/mol. The Kier molecular flexibility index (Phi) is 2.89. The van der Waals surface area contributed by atoms with Gasteiger partial charge in [0.15, 0.2) is 0 Å². The molecule has 1 heterocycles. The molecule has 4 nitrogen and oxygen atoms in total. The Morgan fingerprint density at radius 1 is 1.30 bits per heavy atom. The minimum atomic E-state index is -0.918. The molecular formula is C16H17NO3. The van der Waals surface area contributed by atoms with Crippen LogP contribution in [0, 0.1) is 0 Å². The average Bonchev–Trinajstić information content (AvgIpc) is 2.72. The van der Waals surface area contributed by atoms with Crippen LogP contribution in [0.3, 0.4) is 0 Å². The Hall–Kier alpha value is -2.10. The van der Waals surface area contributed by atoms with Crippen LogP contribution in [0.25, 0.3) is 10.9 Å². The molecule has 0 spiro atoms. The second-order valence-electron chi connectivity index (χ2n) is 5.61. The van der Waals surface area contributed by atoms with Gasteiger partial charge in [-0.15, -0.1) is 0 Å². The van der Waals surface area contributed by atoms with Crippen LogP contribution >= 0.6 is 0 Å². The maximum absolute atomic E-state index is 11.7. The van der Waals surface area contributed by atoms with Crippen molar-refractivity contribution in [3.05, 3.63) is 35.0 Å². The topological polar surface area (TPSA) is 59.3 Å². The van der Waals surface area contributed by atoms with Crippen LogP contribution in [0.2, 0.25) is 0 Å². The zero-order valence-electron chi connectivity index (χ0n) is 11.6. The molecule has 2 aromatic rings. The van der Waals surface area contributed by atoms with Crippen LogP contribution in [-0.2, 0) is 17.6 Å². The van der Waals surface area contributed by atoms with Crippen LogP contribution in [0.5, 0.6) is 0 Å². The monoisotopic (exact) mass is 271 g/mol. The summed E-state index contributed by atoms with van der Waals surface area (Å²) in [6, 6.07) is 5.50. The van der Waals surface area contributed by atoms with Crippen LogP contribution in [0.1, 0.15) is 47.9 Å². The van der Waals surface area contributed by atoms with Gasteiger partial charge in [-0.3, -0.25) is 4.79 Å². The predicted octanol–water partition coefficient (Wildman–Crippen LogP) is 2.98. The molecule has 0 unspecified atom stereocenters. The molecule has 20 heavy (non-hydrogen) atoms. The van der Waals surface area contributed by atoms with E-state index in [0.29, 0.717) is 24.8 Å². The number of carbonyl (C=O) groups excluding carboxylic acids is 1. The molecule has 1 aliphatic carbocycles. The Morgan fingerprint density at radius 2 is 2.05 bits per heavy atom. The van der Waals surface area contributed by atoms with Gasteiger partial charge in [-0.1, -0.05) is 12.1 Å². The van der Waals surface area contributed by atoms with E-state index in [2.05, 4.69) is 18.4 Å². The zero-order chi connectivity index (χ0) is 14.4. The number of carboxylic acid groups (broad SMARTS) is 1. The maximum atomic E-state index is 11.7. The van der Waals surface area contributed by atoms with E-state index in [9.17, 15) is 14.7 Å². The van der Waals surface area contributed by atoms with E-state index in [-0.39, 0.29) is 11.8 Å². The Bertz CT molecular complexity index is 725. The Labute approximate surface area is 117 Å². The molecule has 0 radical (unpaired) electrons. The van der Waals surface area contributed by atoms with E-state index in [4.69, 9.17) is 0 Å². The minimum Gasteiger partial charge on any atom is -0.478 e. The van der Waals surface area contributed by atoms with Gasteiger partial charge in [-0.2, -0.15) is 0 Å². The second kappa shape index (κ2) is 4.47. The smallest absolute Gasteiger partial charge is 0.337 e. The van der Waals surface area contributed by atoms with Crippen molar-refractivity contribution in [3.63, 3.8) is 0 Å². The van der Waals surface area contributed by atoms with Gasteiger partial charge in [-0.25, -0.2) is 4.79 Å². The normalized spacial score (nSPS) is 14.8. The summed E-state index contributed by atoms with van der Waals surface area (Å²) in [7, 11) is 0. The minimum absolute atomic E-state index is 0.176.